The molecular formula is C29H33N3O5S. The average molecular weight is 536 g/mol. The van der Waals surface area contributed by atoms with Gasteiger partial charge in [-0.2, -0.15) is 0 Å². The molecule has 1 aliphatic carbocycles. The predicted octanol–water partition coefficient (Wildman–Crippen LogP) is 4.06. The lowest BCUT2D eigenvalue weighted by atomic mass is 9.98. The van der Waals surface area contributed by atoms with E-state index in [-0.39, 0.29) is 55.6 Å². The van der Waals surface area contributed by atoms with Gasteiger partial charge in [0.05, 0.1) is 5.25 Å². The Morgan fingerprint density at radius 1 is 1.11 bits per heavy atom. The Hall–Kier alpha value is -3.59. The molecule has 0 spiro atoms. The molecule has 1 saturated heterocycles. The number of rotatable bonds is 12. The minimum Gasteiger partial charge on any atom is -0.465 e. The number of carbonyl (C=O) groups excluding carboxylic acids is 4. The van der Waals surface area contributed by atoms with Crippen molar-refractivity contribution >= 4 is 41.1 Å². The van der Waals surface area contributed by atoms with Crippen LogP contribution in [0.15, 0.2) is 54.7 Å². The zero-order valence-corrected chi connectivity index (χ0v) is 22.6. The van der Waals surface area contributed by atoms with Gasteiger partial charge in [-0.3, -0.25) is 24.1 Å². The third-order valence-corrected chi connectivity index (χ3v) is 8.16. The van der Waals surface area contributed by atoms with E-state index in [2.05, 4.69) is 17.2 Å². The minimum atomic E-state index is -0.392. The van der Waals surface area contributed by atoms with Crippen LogP contribution in [0, 0.1) is 0 Å². The van der Waals surface area contributed by atoms with Crippen molar-refractivity contribution in [2.75, 3.05) is 31.3 Å². The maximum absolute atomic E-state index is 12.9. The number of benzene rings is 2. The highest BCUT2D eigenvalue weighted by Crippen LogP contribution is 2.48. The van der Waals surface area contributed by atoms with Crippen molar-refractivity contribution in [2.45, 2.75) is 43.8 Å². The molecule has 4 rings (SSSR count). The number of nitrogens with one attached hydrogen (secondary N) is 2. The number of hydrogen-bond acceptors (Lipinski definition) is 7. The van der Waals surface area contributed by atoms with Crippen LogP contribution >= 0.6 is 11.8 Å². The lowest BCUT2D eigenvalue weighted by Crippen LogP contribution is -2.34. The molecule has 2 aromatic rings. The van der Waals surface area contributed by atoms with Gasteiger partial charge in [0, 0.05) is 56.2 Å². The van der Waals surface area contributed by atoms with Crippen LogP contribution in [0.1, 0.15) is 49.7 Å². The van der Waals surface area contributed by atoms with Crippen LogP contribution in [0.3, 0.4) is 0 Å². The van der Waals surface area contributed by atoms with Gasteiger partial charge in [-0.15, -0.1) is 11.8 Å². The number of likely N-dealkylation sites (tertiary alicyclic amines) is 1. The molecule has 2 unspecified atom stereocenters. The molecule has 1 aliphatic heterocycles. The molecule has 2 aliphatic rings. The van der Waals surface area contributed by atoms with E-state index < -0.39 is 5.25 Å². The Morgan fingerprint density at radius 3 is 2.63 bits per heavy atom. The van der Waals surface area contributed by atoms with Gasteiger partial charge in [0.25, 0.3) is 0 Å². The van der Waals surface area contributed by atoms with Crippen molar-refractivity contribution in [3.8, 4) is 11.1 Å². The first-order chi connectivity index (χ1) is 18.3. The molecular weight excluding hydrogens is 502 g/mol. The summed E-state index contributed by atoms with van der Waals surface area (Å²) in [4.78, 5) is 50.9. The fourth-order valence-electron chi connectivity index (χ4n) is 4.92. The van der Waals surface area contributed by atoms with Gasteiger partial charge < -0.3 is 15.4 Å². The number of fused-ring (bicyclic) bond motifs is 3. The quantitative estimate of drug-likeness (QED) is 0.240. The van der Waals surface area contributed by atoms with Crippen molar-refractivity contribution in [1.82, 2.24) is 10.2 Å². The third-order valence-electron chi connectivity index (χ3n) is 6.87. The molecule has 1 fully saturated rings. The summed E-state index contributed by atoms with van der Waals surface area (Å²) in [6.07, 6.45) is 1.88. The molecule has 2 N–H and O–H groups in total. The van der Waals surface area contributed by atoms with Crippen molar-refractivity contribution in [2.24, 2.45) is 0 Å². The molecule has 8 nitrogen and oxygen atoms in total. The fourth-order valence-corrected chi connectivity index (χ4v) is 6.05. The normalized spacial score (nSPS) is 17.7. The van der Waals surface area contributed by atoms with Crippen LogP contribution in [-0.2, 0) is 23.9 Å². The van der Waals surface area contributed by atoms with Crippen molar-refractivity contribution < 1.29 is 23.9 Å². The maximum atomic E-state index is 12.9. The van der Waals surface area contributed by atoms with Crippen molar-refractivity contribution in [1.29, 1.82) is 0 Å². The molecule has 0 bridgehead atoms. The number of imide groups is 1. The van der Waals surface area contributed by atoms with Crippen LogP contribution in [0.25, 0.3) is 11.1 Å². The summed E-state index contributed by atoms with van der Waals surface area (Å²) >= 11 is 1.49. The van der Waals surface area contributed by atoms with Gasteiger partial charge in [0.2, 0.25) is 17.7 Å². The van der Waals surface area contributed by atoms with E-state index in [0.29, 0.717) is 5.69 Å². The Morgan fingerprint density at radius 2 is 1.87 bits per heavy atom. The van der Waals surface area contributed by atoms with E-state index in [4.69, 9.17) is 4.74 Å². The lowest BCUT2D eigenvalue weighted by molar-refractivity contribution is -0.141. The second-order valence-corrected chi connectivity index (χ2v) is 10.7. The van der Waals surface area contributed by atoms with E-state index >= 15 is 0 Å². The third kappa shape index (κ3) is 6.10. The van der Waals surface area contributed by atoms with Crippen molar-refractivity contribution in [3.05, 3.63) is 65.9 Å². The van der Waals surface area contributed by atoms with Crippen LogP contribution in [0.4, 0.5) is 5.69 Å². The monoisotopic (exact) mass is 535 g/mol. The van der Waals surface area contributed by atoms with E-state index in [1.54, 1.807) is 0 Å². The molecule has 200 valence electrons. The Balaban J connectivity index is 1.37. The van der Waals surface area contributed by atoms with Gasteiger partial charge in [-0.25, -0.2) is 0 Å². The largest absolute Gasteiger partial charge is 0.465 e. The zero-order valence-electron chi connectivity index (χ0n) is 21.7. The first-order valence-electron chi connectivity index (χ1n) is 12.8. The Labute approximate surface area is 227 Å². The summed E-state index contributed by atoms with van der Waals surface area (Å²) in [6.45, 7) is 5.56. The molecule has 0 saturated carbocycles. The van der Waals surface area contributed by atoms with Crippen LogP contribution < -0.4 is 10.6 Å². The van der Waals surface area contributed by atoms with Crippen LogP contribution in [-0.4, -0.2) is 59.8 Å². The van der Waals surface area contributed by atoms with Gasteiger partial charge in [-0.1, -0.05) is 43.0 Å². The Kier molecular flexibility index (Phi) is 8.89. The molecule has 2 aromatic carbocycles. The Bertz CT molecular complexity index is 1260. The van der Waals surface area contributed by atoms with Gasteiger partial charge in [0.15, 0.2) is 0 Å². The SMILES string of the molecule is C=C(CCCSC1CC(=O)N(CCC(=O)Nc2cccc3c2-c2ccccc2C3COC(C)=O)C1=O)NC. The van der Waals surface area contributed by atoms with E-state index in [0.717, 1.165) is 46.5 Å². The highest BCUT2D eigenvalue weighted by atomic mass is 32.2. The maximum Gasteiger partial charge on any atom is 0.302 e. The number of hydrogen-bond donors (Lipinski definition) is 2. The minimum absolute atomic E-state index is 0.0129. The molecule has 2 atom stereocenters. The van der Waals surface area contributed by atoms with E-state index in [1.165, 1.54) is 23.6 Å². The highest BCUT2D eigenvalue weighted by Gasteiger charge is 2.38. The number of thioether (sulfide) groups is 1. The summed E-state index contributed by atoms with van der Waals surface area (Å²) < 4.78 is 5.33. The van der Waals surface area contributed by atoms with E-state index in [9.17, 15) is 19.2 Å². The van der Waals surface area contributed by atoms with E-state index in [1.807, 2.05) is 49.5 Å². The fraction of sp³-hybridized carbons (Fsp3) is 0.379. The first-order valence-corrected chi connectivity index (χ1v) is 13.8. The average Bonchev–Trinajstić information content (AvgIpc) is 3.37. The molecule has 1 heterocycles. The lowest BCUT2D eigenvalue weighted by Gasteiger charge is -2.16. The molecule has 9 heteroatoms. The van der Waals surface area contributed by atoms with Crippen molar-refractivity contribution in [3.63, 3.8) is 0 Å². The number of amides is 3. The second kappa shape index (κ2) is 12.3. The van der Waals surface area contributed by atoms with Gasteiger partial charge in [-0.05, 0) is 41.4 Å². The van der Waals surface area contributed by atoms with Gasteiger partial charge >= 0.3 is 5.97 Å². The summed E-state index contributed by atoms with van der Waals surface area (Å²) in [5, 5.41) is 5.59. The standard InChI is InChI=1S/C29H33N3O5S/c1-18(30-3)8-7-15-38-25-16-27(35)32(29(25)36)14-13-26(34)31-24-12-6-11-22-23(17-37-19(2)33)20-9-4-5-10-21(20)28(22)24/h4-6,9-12,23,25,30H,1,7-8,13-17H2,2-3H3,(H,31,34). The summed E-state index contributed by atoms with van der Waals surface area (Å²) in [6, 6.07) is 13.6. The number of ether oxygens (including phenoxy) is 1. The number of esters is 1. The van der Waals surface area contributed by atoms with Crippen LogP contribution in [0.2, 0.25) is 0 Å². The molecule has 38 heavy (non-hydrogen) atoms. The van der Waals surface area contributed by atoms with Gasteiger partial charge in [0.1, 0.15) is 6.61 Å². The zero-order chi connectivity index (χ0) is 27.2. The number of anilines is 1. The highest BCUT2D eigenvalue weighted by molar-refractivity contribution is 8.00. The summed E-state index contributed by atoms with van der Waals surface area (Å²) in [7, 11) is 1.83. The molecule has 3 amide bonds. The number of carbonyl (C=O) groups is 4. The predicted molar refractivity (Wildman–Crippen MR) is 149 cm³/mol. The molecule has 0 radical (unpaired) electrons. The van der Waals surface area contributed by atoms with Crippen LogP contribution in [0.5, 0.6) is 0 Å². The topological polar surface area (TPSA) is 105 Å². The molecule has 0 aromatic heterocycles. The summed E-state index contributed by atoms with van der Waals surface area (Å²) in [5.74, 6) is -0.427. The summed E-state index contributed by atoms with van der Waals surface area (Å²) in [5.41, 5.74) is 5.50. The smallest absolute Gasteiger partial charge is 0.302 e. The second-order valence-electron chi connectivity index (χ2n) is 9.41. The number of allylic oxidation sites excluding steroid dienone is 1. The first kappa shape index (κ1) is 27.4. The number of nitrogens with zero attached hydrogens (tertiary/aromatic N) is 1.